The molecule has 0 saturated heterocycles. The summed E-state index contributed by atoms with van der Waals surface area (Å²) in [6.07, 6.45) is 0. The molecule has 63 heavy (non-hydrogen) atoms. The van der Waals surface area contributed by atoms with Gasteiger partial charge in [-0.2, -0.15) is 0 Å². The molecule has 6 nitrogen and oxygen atoms in total. The standard InChI is InChI=1S/C57H34N4O2/c1-4-15-35(16-5-1)38-30-32-47-45(33-38)41-21-10-11-25-46(41)61(47)48-26-12-23-43-53-44(24-14-28-50(53)63-54(43)48)57-59-55(37-19-8-3-9-20-37)58-56(60-57)39-29-31-42-51(34-39)62-49-27-13-22-40(52(42)49)36-17-6-2-7-18-36/h1-34H. The van der Waals surface area contributed by atoms with Crippen LogP contribution >= 0.6 is 0 Å². The number of nitrogens with zero attached hydrogens (tertiary/aromatic N) is 4. The lowest BCUT2D eigenvalue weighted by molar-refractivity contribution is 0.666. The predicted octanol–water partition coefficient (Wildman–Crippen LogP) is 15.1. The van der Waals surface area contributed by atoms with Crippen molar-refractivity contribution in [1.29, 1.82) is 0 Å². The van der Waals surface area contributed by atoms with Crippen LogP contribution in [0.5, 0.6) is 0 Å². The van der Waals surface area contributed by atoms with Gasteiger partial charge in [-0.25, -0.2) is 15.0 Å². The Morgan fingerprint density at radius 1 is 0.317 bits per heavy atom. The average molecular weight is 807 g/mol. The molecule has 0 unspecified atom stereocenters. The van der Waals surface area contributed by atoms with Crippen LogP contribution in [0.3, 0.4) is 0 Å². The second-order valence-corrected chi connectivity index (χ2v) is 15.9. The fourth-order valence-corrected chi connectivity index (χ4v) is 9.40. The first-order valence-electron chi connectivity index (χ1n) is 21.1. The molecule has 0 aliphatic carbocycles. The van der Waals surface area contributed by atoms with E-state index in [1.54, 1.807) is 0 Å². The largest absolute Gasteiger partial charge is 0.456 e. The third-order valence-corrected chi connectivity index (χ3v) is 12.3. The number of hydrogen-bond donors (Lipinski definition) is 0. The van der Waals surface area contributed by atoms with Crippen LogP contribution in [0.25, 0.3) is 128 Å². The van der Waals surface area contributed by atoms with E-state index in [-0.39, 0.29) is 0 Å². The number of rotatable bonds is 6. The monoisotopic (exact) mass is 806 g/mol. The highest BCUT2D eigenvalue weighted by molar-refractivity contribution is 6.16. The normalized spacial score (nSPS) is 11.8. The Hall–Kier alpha value is -8.61. The van der Waals surface area contributed by atoms with Crippen LogP contribution in [0.1, 0.15) is 0 Å². The highest BCUT2D eigenvalue weighted by Crippen LogP contribution is 2.43. The van der Waals surface area contributed by atoms with Crippen molar-refractivity contribution in [3.63, 3.8) is 0 Å². The van der Waals surface area contributed by atoms with Gasteiger partial charge in [0.25, 0.3) is 0 Å². The highest BCUT2D eigenvalue weighted by Gasteiger charge is 2.22. The molecule has 0 amide bonds. The van der Waals surface area contributed by atoms with E-state index in [0.29, 0.717) is 17.5 Å². The van der Waals surface area contributed by atoms with Gasteiger partial charge in [-0.05, 0) is 70.8 Å². The van der Waals surface area contributed by atoms with Crippen LogP contribution < -0.4 is 0 Å². The summed E-state index contributed by atoms with van der Waals surface area (Å²) < 4.78 is 15.8. The fourth-order valence-electron chi connectivity index (χ4n) is 9.40. The van der Waals surface area contributed by atoms with Crippen LogP contribution in [0.4, 0.5) is 0 Å². The van der Waals surface area contributed by atoms with Gasteiger partial charge in [0, 0.05) is 49.0 Å². The Labute approximate surface area is 361 Å². The van der Waals surface area contributed by atoms with Crippen molar-refractivity contribution in [1.82, 2.24) is 19.5 Å². The van der Waals surface area contributed by atoms with E-state index in [2.05, 4.69) is 144 Å². The van der Waals surface area contributed by atoms with Gasteiger partial charge in [0.1, 0.15) is 16.7 Å². The van der Waals surface area contributed by atoms with Crippen molar-refractivity contribution >= 4 is 65.7 Å². The molecule has 0 bridgehead atoms. The lowest BCUT2D eigenvalue weighted by atomic mass is 9.99. The third kappa shape index (κ3) is 5.62. The molecular formula is C57H34N4O2. The highest BCUT2D eigenvalue weighted by atomic mass is 16.3. The molecule has 0 radical (unpaired) electrons. The molecule has 6 heteroatoms. The van der Waals surface area contributed by atoms with Crippen LogP contribution in [0.2, 0.25) is 0 Å². The van der Waals surface area contributed by atoms with Crippen LogP contribution in [0, 0.1) is 0 Å². The third-order valence-electron chi connectivity index (χ3n) is 12.3. The summed E-state index contributed by atoms with van der Waals surface area (Å²) in [6.45, 7) is 0. The number of para-hydroxylation sites is 2. The summed E-state index contributed by atoms with van der Waals surface area (Å²) in [5.41, 5.74) is 13.6. The SMILES string of the molecule is c1ccc(-c2ccc3c(c2)c2ccccc2n3-c2cccc3c2oc2cccc(-c4nc(-c5ccccc5)nc(-c5ccc6c(c5)oc5cccc(-c7ccccc7)c56)n4)c23)cc1. The molecule has 0 aliphatic rings. The number of benzene rings is 9. The minimum atomic E-state index is 0.551. The second kappa shape index (κ2) is 14.0. The van der Waals surface area contributed by atoms with Crippen molar-refractivity contribution in [2.75, 3.05) is 0 Å². The van der Waals surface area contributed by atoms with Gasteiger partial charge in [-0.15, -0.1) is 0 Å². The Kier molecular flexibility index (Phi) is 7.80. The zero-order valence-electron chi connectivity index (χ0n) is 33.7. The molecule has 0 fully saturated rings. The van der Waals surface area contributed by atoms with Gasteiger partial charge >= 0.3 is 0 Å². The maximum Gasteiger partial charge on any atom is 0.164 e. The van der Waals surface area contributed by atoms with Gasteiger partial charge < -0.3 is 13.4 Å². The van der Waals surface area contributed by atoms with E-state index >= 15 is 0 Å². The summed E-state index contributed by atoms with van der Waals surface area (Å²) in [5.74, 6) is 1.69. The van der Waals surface area contributed by atoms with Crippen LogP contribution in [-0.4, -0.2) is 19.5 Å². The molecule has 0 aliphatic heterocycles. The lowest BCUT2D eigenvalue weighted by Crippen LogP contribution is -2.00. The first-order valence-corrected chi connectivity index (χ1v) is 21.1. The minimum Gasteiger partial charge on any atom is -0.456 e. The van der Waals surface area contributed by atoms with E-state index in [1.807, 2.05) is 66.7 Å². The van der Waals surface area contributed by atoms with Crippen molar-refractivity contribution in [2.45, 2.75) is 0 Å². The topological polar surface area (TPSA) is 69.9 Å². The molecule has 0 atom stereocenters. The van der Waals surface area contributed by atoms with Crippen LogP contribution in [-0.2, 0) is 0 Å². The zero-order valence-corrected chi connectivity index (χ0v) is 33.7. The Morgan fingerprint density at radius 2 is 0.905 bits per heavy atom. The number of fused-ring (bicyclic) bond motifs is 9. The molecule has 13 aromatic rings. The summed E-state index contributed by atoms with van der Waals surface area (Å²) >= 11 is 0. The first-order chi connectivity index (χ1) is 31.2. The van der Waals surface area contributed by atoms with E-state index in [4.69, 9.17) is 23.8 Å². The van der Waals surface area contributed by atoms with Gasteiger partial charge in [0.05, 0.1) is 16.7 Å². The van der Waals surface area contributed by atoms with E-state index < -0.39 is 0 Å². The molecule has 13 rings (SSSR count). The van der Waals surface area contributed by atoms with Crippen molar-refractivity contribution in [3.8, 4) is 62.1 Å². The van der Waals surface area contributed by atoms with Crippen molar-refractivity contribution < 1.29 is 8.83 Å². The zero-order chi connectivity index (χ0) is 41.4. The lowest BCUT2D eigenvalue weighted by Gasteiger charge is -2.10. The smallest absolute Gasteiger partial charge is 0.164 e. The van der Waals surface area contributed by atoms with E-state index in [0.717, 1.165) is 88.4 Å². The maximum absolute atomic E-state index is 6.90. The molecular weight excluding hydrogens is 773 g/mol. The Morgan fingerprint density at radius 3 is 1.70 bits per heavy atom. The molecule has 0 N–H and O–H groups in total. The fraction of sp³-hybridized carbons (Fsp3) is 0. The summed E-state index contributed by atoms with van der Waals surface area (Å²) in [5, 5.41) is 6.41. The Bertz CT molecular complexity index is 3900. The van der Waals surface area contributed by atoms with Crippen molar-refractivity contribution in [2.24, 2.45) is 0 Å². The van der Waals surface area contributed by atoms with E-state index in [9.17, 15) is 0 Å². The second-order valence-electron chi connectivity index (χ2n) is 15.9. The molecule has 9 aromatic carbocycles. The molecule has 0 spiro atoms. The first kappa shape index (κ1) is 35.2. The van der Waals surface area contributed by atoms with Gasteiger partial charge in [-0.1, -0.05) is 158 Å². The van der Waals surface area contributed by atoms with E-state index in [1.165, 1.54) is 21.9 Å². The molecule has 4 aromatic heterocycles. The van der Waals surface area contributed by atoms with Gasteiger partial charge in [0.2, 0.25) is 0 Å². The molecule has 294 valence electrons. The summed E-state index contributed by atoms with van der Waals surface area (Å²) in [4.78, 5) is 15.5. The number of hydrogen-bond acceptors (Lipinski definition) is 5. The number of furan rings is 2. The molecule has 4 heterocycles. The van der Waals surface area contributed by atoms with Gasteiger partial charge in [0.15, 0.2) is 23.1 Å². The maximum atomic E-state index is 6.90. The minimum absolute atomic E-state index is 0.551. The molecule has 0 saturated carbocycles. The number of aromatic nitrogens is 4. The summed E-state index contributed by atoms with van der Waals surface area (Å²) in [7, 11) is 0. The summed E-state index contributed by atoms with van der Waals surface area (Å²) in [6, 6.07) is 71.4. The predicted molar refractivity (Wildman–Crippen MR) is 256 cm³/mol. The van der Waals surface area contributed by atoms with Crippen LogP contribution in [0.15, 0.2) is 215 Å². The Balaban J connectivity index is 0.995. The average Bonchev–Trinajstić information content (AvgIpc) is 4.04. The quantitative estimate of drug-likeness (QED) is 0.167. The van der Waals surface area contributed by atoms with Gasteiger partial charge in [-0.3, -0.25) is 0 Å². The van der Waals surface area contributed by atoms with Crippen molar-refractivity contribution in [3.05, 3.63) is 206 Å².